The van der Waals surface area contributed by atoms with Crippen LogP contribution in [0, 0.1) is 13.8 Å². The van der Waals surface area contributed by atoms with Crippen molar-refractivity contribution in [1.82, 2.24) is 24.9 Å². The number of carbonyl (C=O) groups excluding carboxylic acids is 1. The Labute approximate surface area is 187 Å². The van der Waals surface area contributed by atoms with Gasteiger partial charge in [0.1, 0.15) is 5.82 Å². The second-order valence-corrected chi connectivity index (χ2v) is 8.34. The third-order valence-electron chi connectivity index (χ3n) is 6.29. The normalized spacial score (nSPS) is 16.3. The molecule has 1 amide bonds. The Balaban J connectivity index is 1.42. The molecule has 7 nitrogen and oxygen atoms in total. The summed E-state index contributed by atoms with van der Waals surface area (Å²) < 4.78 is 0. The smallest absolute Gasteiger partial charge is 0.256 e. The van der Waals surface area contributed by atoms with Gasteiger partial charge in [0.2, 0.25) is 0 Å². The van der Waals surface area contributed by atoms with Gasteiger partial charge in [-0.1, -0.05) is 30.3 Å². The fourth-order valence-electron chi connectivity index (χ4n) is 4.44. The largest absolute Gasteiger partial charge is 0.365 e. The molecule has 2 aromatic heterocycles. The molecule has 4 aromatic rings. The predicted molar refractivity (Wildman–Crippen MR) is 125 cm³/mol. The number of carbonyl (C=O) groups is 1. The van der Waals surface area contributed by atoms with Gasteiger partial charge >= 0.3 is 0 Å². The molecule has 32 heavy (non-hydrogen) atoms. The lowest BCUT2D eigenvalue weighted by atomic mass is 9.98. The lowest BCUT2D eigenvalue weighted by molar-refractivity contribution is 0.0713. The second-order valence-electron chi connectivity index (χ2n) is 8.34. The molecule has 1 unspecified atom stereocenters. The number of anilines is 1. The lowest BCUT2D eigenvalue weighted by Gasteiger charge is -2.34. The number of aromatic nitrogens is 4. The van der Waals surface area contributed by atoms with E-state index in [-0.39, 0.29) is 11.9 Å². The minimum Gasteiger partial charge on any atom is -0.365 e. The van der Waals surface area contributed by atoms with Crippen LogP contribution < -0.4 is 5.32 Å². The van der Waals surface area contributed by atoms with Gasteiger partial charge in [-0.15, -0.1) is 0 Å². The highest BCUT2D eigenvalue weighted by Gasteiger charge is 2.28. The molecule has 0 spiro atoms. The van der Waals surface area contributed by atoms with Gasteiger partial charge in [-0.2, -0.15) is 15.0 Å². The standard InChI is InChI=1S/C25H26N6O/c1-17-9-10-22(31-27-13-14-28-31)23(18(17)2)25(32)30-15-5-7-20(16-30)29-24-21-8-4-3-6-19(21)11-12-26-24/h3-4,6,8-14,20H,5,7,15-16H2,1-2H3,(H,26,29). The van der Waals surface area contributed by atoms with Crippen LogP contribution in [0.2, 0.25) is 0 Å². The Kier molecular flexibility index (Phi) is 5.31. The highest BCUT2D eigenvalue weighted by atomic mass is 16.2. The van der Waals surface area contributed by atoms with Gasteiger partial charge in [0.05, 0.1) is 23.6 Å². The summed E-state index contributed by atoms with van der Waals surface area (Å²) in [5.74, 6) is 0.895. The molecule has 162 valence electrons. The first-order chi connectivity index (χ1) is 15.6. The topological polar surface area (TPSA) is 75.9 Å². The van der Waals surface area contributed by atoms with Crippen molar-refractivity contribution in [3.63, 3.8) is 0 Å². The van der Waals surface area contributed by atoms with Crippen LogP contribution in [-0.2, 0) is 0 Å². The molecule has 1 atom stereocenters. The van der Waals surface area contributed by atoms with Crippen molar-refractivity contribution in [3.05, 3.63) is 77.7 Å². The molecule has 1 aliphatic rings. The third-order valence-corrected chi connectivity index (χ3v) is 6.29. The Hall–Kier alpha value is -3.74. The fraction of sp³-hybridized carbons (Fsp3) is 0.280. The van der Waals surface area contributed by atoms with Crippen molar-refractivity contribution < 1.29 is 4.79 Å². The molecule has 0 aliphatic carbocycles. The zero-order chi connectivity index (χ0) is 22.1. The summed E-state index contributed by atoms with van der Waals surface area (Å²) in [6.45, 7) is 5.39. The van der Waals surface area contributed by atoms with Crippen LogP contribution >= 0.6 is 0 Å². The van der Waals surface area contributed by atoms with E-state index >= 15 is 0 Å². The van der Waals surface area contributed by atoms with Crippen LogP contribution in [0.25, 0.3) is 16.5 Å². The Morgan fingerprint density at radius 3 is 2.69 bits per heavy atom. The second kappa shape index (κ2) is 8.42. The minimum atomic E-state index is 0.0240. The number of aryl methyl sites for hydroxylation is 1. The number of pyridine rings is 1. The monoisotopic (exact) mass is 426 g/mol. The molecule has 1 N–H and O–H groups in total. The average molecular weight is 427 g/mol. The first-order valence-corrected chi connectivity index (χ1v) is 11.0. The average Bonchev–Trinajstić information content (AvgIpc) is 3.36. The molecule has 1 fully saturated rings. The van der Waals surface area contributed by atoms with Crippen molar-refractivity contribution in [2.24, 2.45) is 0 Å². The van der Waals surface area contributed by atoms with Gasteiger partial charge in [0.25, 0.3) is 5.91 Å². The number of nitrogens with zero attached hydrogens (tertiary/aromatic N) is 5. The van der Waals surface area contributed by atoms with Crippen molar-refractivity contribution in [2.45, 2.75) is 32.7 Å². The van der Waals surface area contributed by atoms with Crippen LogP contribution in [-0.4, -0.2) is 49.9 Å². The van der Waals surface area contributed by atoms with Gasteiger partial charge in [-0.3, -0.25) is 4.79 Å². The Morgan fingerprint density at radius 1 is 1.03 bits per heavy atom. The zero-order valence-corrected chi connectivity index (χ0v) is 18.3. The number of rotatable bonds is 4. The highest BCUT2D eigenvalue weighted by Crippen LogP contribution is 2.26. The van der Waals surface area contributed by atoms with E-state index in [0.29, 0.717) is 17.8 Å². The molecule has 2 aromatic carbocycles. The number of hydrogen-bond acceptors (Lipinski definition) is 5. The van der Waals surface area contributed by atoms with Crippen molar-refractivity contribution in [2.75, 3.05) is 18.4 Å². The van der Waals surface area contributed by atoms with Crippen LogP contribution in [0.15, 0.2) is 61.1 Å². The summed E-state index contributed by atoms with van der Waals surface area (Å²) in [6.07, 6.45) is 7.02. The Bertz CT molecular complexity index is 1260. The molecular weight excluding hydrogens is 400 g/mol. The minimum absolute atomic E-state index is 0.0240. The van der Waals surface area contributed by atoms with Gasteiger partial charge in [0, 0.05) is 30.7 Å². The molecular formula is C25H26N6O. The van der Waals surface area contributed by atoms with Crippen molar-refractivity contribution in [1.29, 1.82) is 0 Å². The van der Waals surface area contributed by atoms with Crippen LogP contribution in [0.4, 0.5) is 5.82 Å². The maximum absolute atomic E-state index is 13.7. The number of piperidine rings is 1. The first-order valence-electron chi connectivity index (χ1n) is 11.0. The summed E-state index contributed by atoms with van der Waals surface area (Å²) in [6, 6.07) is 14.3. The molecule has 3 heterocycles. The molecule has 5 rings (SSSR count). The van der Waals surface area contributed by atoms with E-state index < -0.39 is 0 Å². The first kappa shape index (κ1) is 20.2. The van der Waals surface area contributed by atoms with E-state index in [1.807, 2.05) is 55.3 Å². The van der Waals surface area contributed by atoms with Crippen molar-refractivity contribution in [3.8, 4) is 5.69 Å². The van der Waals surface area contributed by atoms with Gasteiger partial charge in [0.15, 0.2) is 0 Å². The summed E-state index contributed by atoms with van der Waals surface area (Å²) in [5, 5.41) is 14.4. The zero-order valence-electron chi connectivity index (χ0n) is 18.3. The van der Waals surface area contributed by atoms with Crippen LogP contribution in [0.3, 0.4) is 0 Å². The van der Waals surface area contributed by atoms with E-state index in [1.165, 1.54) is 4.80 Å². The van der Waals surface area contributed by atoms with E-state index in [2.05, 4.69) is 32.6 Å². The number of likely N-dealkylation sites (tertiary alicyclic amines) is 1. The van der Waals surface area contributed by atoms with Crippen LogP contribution in [0.5, 0.6) is 0 Å². The fourth-order valence-corrected chi connectivity index (χ4v) is 4.44. The third kappa shape index (κ3) is 3.70. The number of hydrogen-bond donors (Lipinski definition) is 1. The van der Waals surface area contributed by atoms with Crippen molar-refractivity contribution >= 4 is 22.5 Å². The number of nitrogens with one attached hydrogen (secondary N) is 1. The summed E-state index contributed by atoms with van der Waals surface area (Å²) in [5.41, 5.74) is 3.44. The van der Waals surface area contributed by atoms with Gasteiger partial charge < -0.3 is 10.2 Å². The number of amides is 1. The number of benzene rings is 2. The van der Waals surface area contributed by atoms with E-state index in [4.69, 9.17) is 0 Å². The maximum atomic E-state index is 13.7. The van der Waals surface area contributed by atoms with E-state index in [1.54, 1.807) is 12.4 Å². The van der Waals surface area contributed by atoms with E-state index in [0.717, 1.165) is 47.1 Å². The SMILES string of the molecule is Cc1ccc(-n2nccn2)c(C(=O)N2CCCC(Nc3nccc4ccccc34)C2)c1C. The molecule has 1 saturated heterocycles. The summed E-state index contributed by atoms with van der Waals surface area (Å²) in [4.78, 5) is 21.8. The maximum Gasteiger partial charge on any atom is 0.256 e. The molecule has 1 aliphatic heterocycles. The molecule has 0 radical (unpaired) electrons. The molecule has 7 heteroatoms. The summed E-state index contributed by atoms with van der Waals surface area (Å²) in [7, 11) is 0. The van der Waals surface area contributed by atoms with Gasteiger partial charge in [-0.25, -0.2) is 4.98 Å². The van der Waals surface area contributed by atoms with Gasteiger partial charge in [-0.05, 0) is 55.3 Å². The number of fused-ring (bicyclic) bond motifs is 1. The summed E-state index contributed by atoms with van der Waals surface area (Å²) >= 11 is 0. The Morgan fingerprint density at radius 2 is 1.84 bits per heavy atom. The highest BCUT2D eigenvalue weighted by molar-refractivity contribution is 5.99. The lowest BCUT2D eigenvalue weighted by Crippen LogP contribution is -2.45. The predicted octanol–water partition coefficient (Wildman–Crippen LogP) is 4.15. The quantitative estimate of drug-likeness (QED) is 0.531. The van der Waals surface area contributed by atoms with Crippen LogP contribution in [0.1, 0.15) is 34.3 Å². The molecule has 0 saturated carbocycles. The molecule has 0 bridgehead atoms. The van der Waals surface area contributed by atoms with E-state index in [9.17, 15) is 4.79 Å².